The minimum atomic E-state index is -4.48. The van der Waals surface area contributed by atoms with Crippen LogP contribution in [0.1, 0.15) is 6.42 Å². The van der Waals surface area contributed by atoms with E-state index in [1.54, 1.807) is 17.0 Å². The number of halogens is 3. The highest BCUT2D eigenvalue weighted by atomic mass is 19.4. The number of nitriles is 1. The zero-order valence-electron chi connectivity index (χ0n) is 10.2. The van der Waals surface area contributed by atoms with Crippen LogP contribution in [0.4, 0.5) is 24.5 Å². The maximum absolute atomic E-state index is 12.7. The summed E-state index contributed by atoms with van der Waals surface area (Å²) in [6.07, 6.45) is -3.74. The van der Waals surface area contributed by atoms with Gasteiger partial charge < -0.3 is 10.2 Å². The highest BCUT2D eigenvalue weighted by molar-refractivity contribution is 5.70. The van der Waals surface area contributed by atoms with Crippen LogP contribution in [-0.2, 0) is 0 Å². The second-order valence-electron chi connectivity index (χ2n) is 4.47. The van der Waals surface area contributed by atoms with Gasteiger partial charge in [0.25, 0.3) is 0 Å². The number of alkyl halides is 3. The molecule has 102 valence electrons. The normalized spacial score (nSPS) is 16.8. The molecule has 1 atom stereocenters. The topological polar surface area (TPSA) is 39.1 Å². The molecule has 1 aromatic carbocycles. The molecule has 0 bridgehead atoms. The van der Waals surface area contributed by atoms with Crippen molar-refractivity contribution >= 4 is 11.4 Å². The van der Waals surface area contributed by atoms with E-state index in [9.17, 15) is 13.2 Å². The quantitative estimate of drug-likeness (QED) is 0.897. The molecule has 1 aliphatic heterocycles. The Balaban J connectivity index is 2.23. The van der Waals surface area contributed by atoms with Gasteiger partial charge in [0.05, 0.1) is 17.4 Å². The van der Waals surface area contributed by atoms with Gasteiger partial charge in [-0.15, -0.1) is 0 Å². The molecule has 1 N–H and O–H groups in total. The first kappa shape index (κ1) is 13.5. The molecule has 1 aliphatic rings. The molecule has 2 rings (SSSR count). The summed E-state index contributed by atoms with van der Waals surface area (Å²) in [5, 5.41) is 11.9. The van der Waals surface area contributed by atoms with Crippen molar-refractivity contribution in [2.45, 2.75) is 12.6 Å². The van der Waals surface area contributed by atoms with E-state index in [0.717, 1.165) is 24.3 Å². The zero-order chi connectivity index (χ0) is 13.9. The lowest BCUT2D eigenvalue weighted by atomic mass is 10.1. The predicted molar refractivity (Wildman–Crippen MR) is 66.9 cm³/mol. The minimum Gasteiger partial charge on any atom is -0.383 e. The molecule has 0 saturated carbocycles. The van der Waals surface area contributed by atoms with Crippen molar-refractivity contribution in [3.63, 3.8) is 0 Å². The lowest BCUT2D eigenvalue weighted by Crippen LogP contribution is -2.36. The third kappa shape index (κ3) is 3.11. The largest absolute Gasteiger partial charge is 0.406 e. The van der Waals surface area contributed by atoms with Gasteiger partial charge in [0.15, 0.2) is 5.92 Å². The minimum absolute atomic E-state index is 0.321. The molecule has 1 unspecified atom stereocenters. The van der Waals surface area contributed by atoms with Gasteiger partial charge in [0.2, 0.25) is 0 Å². The standard InChI is InChI=1S/C13H14F3N3/c14-13(15,16)10(8-17)9-19-7-3-6-18-11-4-1-2-5-12(11)19/h1-2,4-5,10,18H,3,6-7,9H2. The Labute approximate surface area is 109 Å². The van der Waals surface area contributed by atoms with E-state index in [1.807, 2.05) is 12.1 Å². The number of benzene rings is 1. The fraction of sp³-hybridized carbons (Fsp3) is 0.462. The Morgan fingerprint density at radius 2 is 2.11 bits per heavy atom. The van der Waals surface area contributed by atoms with Crippen molar-refractivity contribution in [1.82, 2.24) is 0 Å². The third-order valence-electron chi connectivity index (χ3n) is 3.12. The van der Waals surface area contributed by atoms with Crippen LogP contribution in [0.15, 0.2) is 24.3 Å². The first-order chi connectivity index (χ1) is 9.02. The molecule has 0 fully saturated rings. The van der Waals surface area contributed by atoms with E-state index in [4.69, 9.17) is 5.26 Å². The number of nitrogens with one attached hydrogen (secondary N) is 1. The summed E-state index contributed by atoms with van der Waals surface area (Å²) in [7, 11) is 0. The summed E-state index contributed by atoms with van der Waals surface area (Å²) in [4.78, 5) is 1.64. The van der Waals surface area contributed by atoms with Gasteiger partial charge in [0, 0.05) is 19.6 Å². The molecular weight excluding hydrogens is 255 g/mol. The predicted octanol–water partition coefficient (Wildman–Crippen LogP) is 3.01. The zero-order valence-corrected chi connectivity index (χ0v) is 10.2. The number of hydrogen-bond donors (Lipinski definition) is 1. The molecule has 3 nitrogen and oxygen atoms in total. The molecule has 1 aromatic rings. The first-order valence-corrected chi connectivity index (χ1v) is 6.06. The van der Waals surface area contributed by atoms with E-state index < -0.39 is 12.1 Å². The number of para-hydroxylation sites is 2. The molecule has 0 spiro atoms. The van der Waals surface area contributed by atoms with Crippen LogP contribution in [-0.4, -0.2) is 25.8 Å². The molecule has 0 aliphatic carbocycles. The molecular formula is C13H14F3N3. The van der Waals surface area contributed by atoms with Crippen LogP contribution >= 0.6 is 0 Å². The summed E-state index contributed by atoms with van der Waals surface area (Å²) in [6.45, 7) is 0.910. The number of fused-ring (bicyclic) bond motifs is 1. The van der Waals surface area contributed by atoms with Gasteiger partial charge >= 0.3 is 6.18 Å². The van der Waals surface area contributed by atoms with Crippen LogP contribution in [0.2, 0.25) is 0 Å². The fourth-order valence-corrected chi connectivity index (χ4v) is 2.14. The van der Waals surface area contributed by atoms with Crippen molar-refractivity contribution < 1.29 is 13.2 Å². The van der Waals surface area contributed by atoms with Crippen molar-refractivity contribution in [1.29, 1.82) is 5.26 Å². The Morgan fingerprint density at radius 3 is 2.79 bits per heavy atom. The van der Waals surface area contributed by atoms with E-state index in [1.165, 1.54) is 6.07 Å². The molecule has 0 aromatic heterocycles. The van der Waals surface area contributed by atoms with Gasteiger partial charge in [-0.1, -0.05) is 12.1 Å². The van der Waals surface area contributed by atoms with Gasteiger partial charge in [0.1, 0.15) is 0 Å². The Bertz CT molecular complexity index is 479. The lowest BCUT2D eigenvalue weighted by Gasteiger charge is -2.27. The van der Waals surface area contributed by atoms with Crippen LogP contribution < -0.4 is 10.2 Å². The maximum atomic E-state index is 12.7. The highest BCUT2D eigenvalue weighted by Crippen LogP contribution is 2.32. The van der Waals surface area contributed by atoms with Crippen molar-refractivity contribution in [2.24, 2.45) is 5.92 Å². The Kier molecular flexibility index (Phi) is 3.84. The highest BCUT2D eigenvalue weighted by Gasteiger charge is 2.41. The van der Waals surface area contributed by atoms with Gasteiger partial charge in [-0.2, -0.15) is 18.4 Å². The average Bonchev–Trinajstić information content (AvgIpc) is 2.57. The number of hydrogen-bond acceptors (Lipinski definition) is 3. The SMILES string of the molecule is N#CC(CN1CCCNc2ccccc21)C(F)(F)F. The number of rotatable bonds is 2. The molecule has 1 heterocycles. The molecule has 0 saturated heterocycles. The van der Waals surface area contributed by atoms with Crippen LogP contribution in [0.3, 0.4) is 0 Å². The Morgan fingerprint density at radius 1 is 1.37 bits per heavy atom. The van der Waals surface area contributed by atoms with Gasteiger partial charge in [-0.05, 0) is 18.6 Å². The monoisotopic (exact) mass is 269 g/mol. The van der Waals surface area contributed by atoms with Crippen LogP contribution in [0.25, 0.3) is 0 Å². The first-order valence-electron chi connectivity index (χ1n) is 6.06. The smallest absolute Gasteiger partial charge is 0.383 e. The number of anilines is 2. The maximum Gasteiger partial charge on any atom is 0.406 e. The lowest BCUT2D eigenvalue weighted by molar-refractivity contribution is -0.156. The summed E-state index contributed by atoms with van der Waals surface area (Å²) in [6, 6.07) is 8.59. The van der Waals surface area contributed by atoms with Crippen molar-refractivity contribution in [3.8, 4) is 6.07 Å². The Hall–Kier alpha value is -1.90. The summed E-state index contributed by atoms with van der Waals surface area (Å²) < 4.78 is 38.1. The molecule has 0 amide bonds. The molecule has 0 radical (unpaired) electrons. The average molecular weight is 269 g/mol. The van der Waals surface area contributed by atoms with E-state index >= 15 is 0 Å². The number of nitrogens with zero attached hydrogens (tertiary/aromatic N) is 2. The second kappa shape index (κ2) is 5.39. The van der Waals surface area contributed by atoms with Crippen molar-refractivity contribution in [2.75, 3.05) is 29.9 Å². The second-order valence-corrected chi connectivity index (χ2v) is 4.47. The fourth-order valence-electron chi connectivity index (χ4n) is 2.14. The van der Waals surface area contributed by atoms with Gasteiger partial charge in [-0.25, -0.2) is 0 Å². The van der Waals surface area contributed by atoms with Crippen LogP contribution in [0, 0.1) is 17.2 Å². The van der Waals surface area contributed by atoms with Gasteiger partial charge in [-0.3, -0.25) is 0 Å². The third-order valence-corrected chi connectivity index (χ3v) is 3.12. The van der Waals surface area contributed by atoms with E-state index in [0.29, 0.717) is 6.54 Å². The molecule has 6 heteroatoms. The van der Waals surface area contributed by atoms with E-state index in [2.05, 4.69) is 5.32 Å². The summed E-state index contributed by atoms with van der Waals surface area (Å²) in [5.41, 5.74) is 1.54. The van der Waals surface area contributed by atoms with Crippen molar-refractivity contribution in [3.05, 3.63) is 24.3 Å². The molecule has 19 heavy (non-hydrogen) atoms. The summed E-state index contributed by atoms with van der Waals surface area (Å²) >= 11 is 0. The van der Waals surface area contributed by atoms with E-state index in [-0.39, 0.29) is 6.54 Å². The van der Waals surface area contributed by atoms with Crippen LogP contribution in [0.5, 0.6) is 0 Å². The summed E-state index contributed by atoms with van der Waals surface area (Å²) in [5.74, 6) is -1.96.